The standard InChI is InChI=1S/C23H23N3O4/c1-15(13-22(27)24-20-12-11-17(29-2)14-21(20)30-3)25-26-23(28)19-10-6-8-16-7-4-5-9-18(16)19/h4-12,14H,13H2,1-3H3,(H,24,27)(H,26,28)/b25-15+. The number of carbonyl (C=O) groups is 2. The van der Waals surface area contributed by atoms with Gasteiger partial charge in [-0.2, -0.15) is 5.10 Å². The van der Waals surface area contributed by atoms with Gasteiger partial charge in [0.05, 0.1) is 26.3 Å². The minimum atomic E-state index is -0.330. The van der Waals surface area contributed by atoms with Gasteiger partial charge in [-0.05, 0) is 35.9 Å². The molecule has 2 amide bonds. The van der Waals surface area contributed by atoms with Crippen molar-refractivity contribution in [1.82, 2.24) is 5.43 Å². The summed E-state index contributed by atoms with van der Waals surface area (Å²) in [6.45, 7) is 1.67. The van der Waals surface area contributed by atoms with Crippen molar-refractivity contribution < 1.29 is 19.1 Å². The number of methoxy groups -OCH3 is 2. The van der Waals surface area contributed by atoms with E-state index in [4.69, 9.17) is 9.47 Å². The fourth-order valence-corrected chi connectivity index (χ4v) is 3.00. The Morgan fingerprint density at radius 2 is 1.73 bits per heavy atom. The van der Waals surface area contributed by atoms with E-state index in [2.05, 4.69) is 15.8 Å². The third kappa shape index (κ3) is 4.94. The number of nitrogens with one attached hydrogen (secondary N) is 2. The molecule has 3 rings (SSSR count). The van der Waals surface area contributed by atoms with Crippen molar-refractivity contribution in [3.8, 4) is 11.5 Å². The Balaban J connectivity index is 1.63. The molecule has 0 atom stereocenters. The number of carbonyl (C=O) groups excluding carboxylic acids is 2. The number of fused-ring (bicyclic) bond motifs is 1. The quantitative estimate of drug-likeness (QED) is 0.459. The molecule has 0 aliphatic rings. The monoisotopic (exact) mass is 405 g/mol. The SMILES string of the molecule is COc1ccc(NC(=O)C/C(C)=N/NC(=O)c2cccc3ccccc23)c(OC)c1. The van der Waals surface area contributed by atoms with E-state index in [1.165, 1.54) is 7.11 Å². The van der Waals surface area contributed by atoms with Gasteiger partial charge in [-0.25, -0.2) is 5.43 Å². The number of ether oxygens (including phenoxy) is 2. The van der Waals surface area contributed by atoms with Crippen LogP contribution in [0.5, 0.6) is 11.5 Å². The average Bonchev–Trinajstić information content (AvgIpc) is 2.77. The number of anilines is 1. The normalized spacial score (nSPS) is 11.1. The molecule has 7 heteroatoms. The zero-order chi connectivity index (χ0) is 21.5. The van der Waals surface area contributed by atoms with E-state index in [1.807, 2.05) is 36.4 Å². The summed E-state index contributed by atoms with van der Waals surface area (Å²) in [5.74, 6) is 0.503. The Kier molecular flexibility index (Phi) is 6.64. The molecule has 7 nitrogen and oxygen atoms in total. The Morgan fingerprint density at radius 3 is 2.50 bits per heavy atom. The first kappa shape index (κ1) is 20.9. The van der Waals surface area contributed by atoms with Gasteiger partial charge in [0.1, 0.15) is 11.5 Å². The fourth-order valence-electron chi connectivity index (χ4n) is 3.00. The Labute approximate surface area is 174 Å². The summed E-state index contributed by atoms with van der Waals surface area (Å²) in [6.07, 6.45) is 0.0189. The van der Waals surface area contributed by atoms with Gasteiger partial charge < -0.3 is 14.8 Å². The van der Waals surface area contributed by atoms with Crippen LogP contribution in [0.1, 0.15) is 23.7 Å². The van der Waals surface area contributed by atoms with Gasteiger partial charge in [0, 0.05) is 17.3 Å². The number of hydrogen-bond donors (Lipinski definition) is 2. The van der Waals surface area contributed by atoms with Gasteiger partial charge >= 0.3 is 0 Å². The van der Waals surface area contributed by atoms with Gasteiger partial charge in [-0.3, -0.25) is 9.59 Å². The zero-order valence-corrected chi connectivity index (χ0v) is 17.1. The molecule has 0 fully saturated rings. The minimum absolute atomic E-state index is 0.0189. The molecule has 0 spiro atoms. The summed E-state index contributed by atoms with van der Waals surface area (Å²) in [6, 6.07) is 18.2. The second-order valence-corrected chi connectivity index (χ2v) is 6.61. The van der Waals surface area contributed by atoms with Crippen molar-refractivity contribution in [2.75, 3.05) is 19.5 Å². The summed E-state index contributed by atoms with van der Waals surface area (Å²) in [5, 5.41) is 8.65. The van der Waals surface area contributed by atoms with E-state index in [9.17, 15) is 9.59 Å². The molecule has 0 heterocycles. The Morgan fingerprint density at radius 1 is 0.967 bits per heavy atom. The van der Waals surface area contributed by atoms with Gasteiger partial charge in [0.15, 0.2) is 0 Å². The van der Waals surface area contributed by atoms with Crippen LogP contribution < -0.4 is 20.2 Å². The maximum absolute atomic E-state index is 12.5. The second kappa shape index (κ2) is 9.56. The molecule has 0 saturated heterocycles. The van der Waals surface area contributed by atoms with E-state index in [1.54, 1.807) is 38.3 Å². The first-order valence-electron chi connectivity index (χ1n) is 9.35. The molecule has 3 aromatic rings. The summed E-state index contributed by atoms with van der Waals surface area (Å²) in [7, 11) is 3.07. The molecule has 0 aliphatic carbocycles. The van der Waals surface area contributed by atoms with Crippen LogP contribution in [0.4, 0.5) is 5.69 Å². The molecule has 0 radical (unpaired) electrons. The number of hydrogen-bond acceptors (Lipinski definition) is 5. The lowest BCUT2D eigenvalue weighted by molar-refractivity contribution is -0.115. The van der Waals surface area contributed by atoms with E-state index in [0.717, 1.165) is 10.8 Å². The lowest BCUT2D eigenvalue weighted by Gasteiger charge is -2.11. The zero-order valence-electron chi connectivity index (χ0n) is 17.1. The van der Waals surface area contributed by atoms with Crippen LogP contribution in [0.2, 0.25) is 0 Å². The molecule has 0 bridgehead atoms. The molecular formula is C23H23N3O4. The van der Waals surface area contributed by atoms with Gasteiger partial charge in [-0.15, -0.1) is 0 Å². The van der Waals surface area contributed by atoms with E-state index < -0.39 is 0 Å². The van der Waals surface area contributed by atoms with E-state index in [0.29, 0.717) is 28.5 Å². The van der Waals surface area contributed by atoms with E-state index in [-0.39, 0.29) is 18.2 Å². The number of benzene rings is 3. The van der Waals surface area contributed by atoms with Crippen LogP contribution in [0.25, 0.3) is 10.8 Å². The van der Waals surface area contributed by atoms with Crippen molar-refractivity contribution in [2.24, 2.45) is 5.10 Å². The molecule has 0 aliphatic heterocycles. The van der Waals surface area contributed by atoms with Crippen LogP contribution in [-0.4, -0.2) is 31.7 Å². The van der Waals surface area contributed by atoms with Crippen LogP contribution >= 0.6 is 0 Å². The lowest BCUT2D eigenvalue weighted by Crippen LogP contribution is -2.21. The van der Waals surface area contributed by atoms with Gasteiger partial charge in [0.2, 0.25) is 5.91 Å². The van der Waals surface area contributed by atoms with Crippen molar-refractivity contribution in [1.29, 1.82) is 0 Å². The van der Waals surface area contributed by atoms with Crippen molar-refractivity contribution in [2.45, 2.75) is 13.3 Å². The first-order valence-corrected chi connectivity index (χ1v) is 9.35. The molecule has 0 aromatic heterocycles. The minimum Gasteiger partial charge on any atom is -0.497 e. The maximum atomic E-state index is 12.5. The highest BCUT2D eigenvalue weighted by Gasteiger charge is 2.12. The number of hydrazone groups is 1. The highest BCUT2D eigenvalue weighted by Crippen LogP contribution is 2.29. The highest BCUT2D eigenvalue weighted by atomic mass is 16.5. The second-order valence-electron chi connectivity index (χ2n) is 6.61. The van der Waals surface area contributed by atoms with Crippen molar-refractivity contribution in [3.63, 3.8) is 0 Å². The predicted molar refractivity (Wildman–Crippen MR) is 117 cm³/mol. The fraction of sp³-hybridized carbons (Fsp3) is 0.174. The van der Waals surface area contributed by atoms with E-state index >= 15 is 0 Å². The van der Waals surface area contributed by atoms with Crippen LogP contribution in [0.3, 0.4) is 0 Å². The maximum Gasteiger partial charge on any atom is 0.271 e. The molecule has 3 aromatic carbocycles. The van der Waals surface area contributed by atoms with Crippen LogP contribution in [-0.2, 0) is 4.79 Å². The largest absolute Gasteiger partial charge is 0.497 e. The lowest BCUT2D eigenvalue weighted by atomic mass is 10.0. The third-order valence-corrected chi connectivity index (χ3v) is 4.48. The molecule has 154 valence electrons. The van der Waals surface area contributed by atoms with Crippen LogP contribution in [0, 0.1) is 0 Å². The summed E-state index contributed by atoms with van der Waals surface area (Å²) in [5.41, 5.74) is 4.04. The first-order chi connectivity index (χ1) is 14.5. The number of nitrogens with zero attached hydrogens (tertiary/aromatic N) is 1. The smallest absolute Gasteiger partial charge is 0.271 e. The summed E-state index contributed by atoms with van der Waals surface area (Å²) in [4.78, 5) is 24.9. The third-order valence-electron chi connectivity index (χ3n) is 4.48. The molecule has 0 unspecified atom stereocenters. The topological polar surface area (TPSA) is 89.0 Å². The Bertz CT molecular complexity index is 1100. The van der Waals surface area contributed by atoms with Gasteiger partial charge in [0.25, 0.3) is 5.91 Å². The molecular weight excluding hydrogens is 382 g/mol. The Hall–Kier alpha value is -3.87. The number of amides is 2. The van der Waals surface area contributed by atoms with Crippen molar-refractivity contribution in [3.05, 3.63) is 66.2 Å². The average molecular weight is 405 g/mol. The highest BCUT2D eigenvalue weighted by molar-refractivity contribution is 6.09. The van der Waals surface area contributed by atoms with Crippen molar-refractivity contribution >= 4 is 34.0 Å². The van der Waals surface area contributed by atoms with Crippen LogP contribution in [0.15, 0.2) is 65.8 Å². The van der Waals surface area contributed by atoms with Gasteiger partial charge in [-0.1, -0.05) is 36.4 Å². The molecule has 0 saturated carbocycles. The predicted octanol–water partition coefficient (Wildman–Crippen LogP) is 3.99. The summed E-state index contributed by atoms with van der Waals surface area (Å²) < 4.78 is 10.4. The summed E-state index contributed by atoms with van der Waals surface area (Å²) >= 11 is 0. The molecule has 2 N–H and O–H groups in total. The number of rotatable bonds is 7. The molecule has 30 heavy (non-hydrogen) atoms.